The summed E-state index contributed by atoms with van der Waals surface area (Å²) >= 11 is 0. The van der Waals surface area contributed by atoms with Crippen LogP contribution in [0.25, 0.3) is 0 Å². The van der Waals surface area contributed by atoms with Crippen LogP contribution < -0.4 is 10.6 Å². The molecule has 2 aliphatic heterocycles. The number of carbonyl (C=O) groups excluding carboxylic acids is 1. The summed E-state index contributed by atoms with van der Waals surface area (Å²) in [6.45, 7) is 6.52. The van der Waals surface area contributed by atoms with Crippen molar-refractivity contribution in [1.82, 2.24) is 15.5 Å². The molecule has 21 heavy (non-hydrogen) atoms. The van der Waals surface area contributed by atoms with Gasteiger partial charge in [-0.05, 0) is 52.5 Å². The van der Waals surface area contributed by atoms with Gasteiger partial charge in [-0.2, -0.15) is 0 Å². The minimum atomic E-state index is 0. The first kappa shape index (κ1) is 19.0. The molecular weight excluding hydrogens is 309 g/mol. The van der Waals surface area contributed by atoms with Crippen LogP contribution in [-0.4, -0.2) is 48.1 Å². The molecule has 2 unspecified atom stereocenters. The predicted molar refractivity (Wildman–Crippen MR) is 90.4 cm³/mol. The van der Waals surface area contributed by atoms with E-state index in [0.717, 1.165) is 38.4 Å². The van der Waals surface area contributed by atoms with E-state index in [-0.39, 0.29) is 30.7 Å². The maximum Gasteiger partial charge on any atom is 0.223 e. The Morgan fingerprint density at radius 2 is 1.86 bits per heavy atom. The van der Waals surface area contributed by atoms with E-state index in [1.54, 1.807) is 0 Å². The van der Waals surface area contributed by atoms with Gasteiger partial charge in [0.1, 0.15) is 0 Å². The number of nitrogens with one attached hydrogen (secondary N) is 2. The minimum Gasteiger partial charge on any atom is -0.352 e. The lowest BCUT2D eigenvalue weighted by Gasteiger charge is -2.28. The standard InChI is InChI=1S/C15H27N3O.2ClH/c1-10-7-12(5-6-16-10)15(19)17-13-8-11(2)18(9-13)14-3-4-14;;/h10-14,16H,3-9H2,1-2H3,(H,17,19);2*1H/t10-,11?,12-,13?;;/m0../s1. The van der Waals surface area contributed by atoms with Crippen LogP contribution in [0.3, 0.4) is 0 Å². The maximum atomic E-state index is 12.3. The van der Waals surface area contributed by atoms with Gasteiger partial charge in [0, 0.05) is 36.6 Å². The number of amides is 1. The Kier molecular flexibility index (Phi) is 7.25. The van der Waals surface area contributed by atoms with Gasteiger partial charge in [-0.3, -0.25) is 9.69 Å². The Morgan fingerprint density at radius 3 is 2.48 bits per heavy atom. The summed E-state index contributed by atoms with van der Waals surface area (Å²) < 4.78 is 0. The first-order valence-corrected chi connectivity index (χ1v) is 7.93. The van der Waals surface area contributed by atoms with Crippen molar-refractivity contribution in [2.24, 2.45) is 5.92 Å². The van der Waals surface area contributed by atoms with Crippen LogP contribution in [0, 0.1) is 5.92 Å². The van der Waals surface area contributed by atoms with E-state index in [9.17, 15) is 4.79 Å². The molecule has 3 fully saturated rings. The summed E-state index contributed by atoms with van der Waals surface area (Å²) in [5.41, 5.74) is 0. The summed E-state index contributed by atoms with van der Waals surface area (Å²) in [5.74, 6) is 0.518. The van der Waals surface area contributed by atoms with Gasteiger partial charge in [-0.25, -0.2) is 0 Å². The highest BCUT2D eigenvalue weighted by Crippen LogP contribution is 2.33. The number of halogens is 2. The van der Waals surface area contributed by atoms with Gasteiger partial charge in [0.25, 0.3) is 0 Å². The molecule has 2 N–H and O–H groups in total. The molecule has 2 saturated heterocycles. The number of nitrogens with zero attached hydrogens (tertiary/aromatic N) is 1. The summed E-state index contributed by atoms with van der Waals surface area (Å²) in [6, 6.07) is 2.32. The molecule has 0 bridgehead atoms. The summed E-state index contributed by atoms with van der Waals surface area (Å²) in [4.78, 5) is 14.9. The Bertz CT molecular complexity index is 352. The van der Waals surface area contributed by atoms with Crippen molar-refractivity contribution in [2.45, 2.75) is 70.1 Å². The highest BCUT2D eigenvalue weighted by atomic mass is 35.5. The number of piperidine rings is 1. The maximum absolute atomic E-state index is 12.3. The van der Waals surface area contributed by atoms with Gasteiger partial charge in [0.05, 0.1) is 0 Å². The van der Waals surface area contributed by atoms with Crippen molar-refractivity contribution in [3.8, 4) is 0 Å². The van der Waals surface area contributed by atoms with Crippen LogP contribution in [0.5, 0.6) is 0 Å². The minimum absolute atomic E-state index is 0. The zero-order valence-electron chi connectivity index (χ0n) is 13.0. The second kappa shape index (κ2) is 8.00. The van der Waals surface area contributed by atoms with Crippen LogP contribution in [0.4, 0.5) is 0 Å². The fourth-order valence-corrected chi connectivity index (χ4v) is 3.76. The first-order chi connectivity index (χ1) is 9.13. The molecule has 0 aromatic carbocycles. The van der Waals surface area contributed by atoms with E-state index in [1.165, 1.54) is 12.8 Å². The van der Waals surface area contributed by atoms with E-state index in [0.29, 0.717) is 24.0 Å². The summed E-state index contributed by atoms with van der Waals surface area (Å²) in [5, 5.41) is 6.71. The third kappa shape index (κ3) is 4.72. The fourth-order valence-electron chi connectivity index (χ4n) is 3.76. The quantitative estimate of drug-likeness (QED) is 0.827. The Hall–Kier alpha value is -0.0300. The van der Waals surface area contributed by atoms with Crippen molar-refractivity contribution in [3.05, 3.63) is 0 Å². The van der Waals surface area contributed by atoms with Crippen LogP contribution in [0.1, 0.15) is 46.0 Å². The largest absolute Gasteiger partial charge is 0.352 e. The smallest absolute Gasteiger partial charge is 0.223 e. The highest BCUT2D eigenvalue weighted by Gasteiger charge is 2.39. The van der Waals surface area contributed by atoms with Gasteiger partial charge in [0.15, 0.2) is 0 Å². The number of carbonyl (C=O) groups is 1. The normalized spacial score (nSPS) is 36.5. The molecule has 1 saturated carbocycles. The topological polar surface area (TPSA) is 44.4 Å². The van der Waals surface area contributed by atoms with Gasteiger partial charge in [0.2, 0.25) is 5.91 Å². The second-order valence-corrected chi connectivity index (χ2v) is 6.79. The van der Waals surface area contributed by atoms with Gasteiger partial charge in [-0.1, -0.05) is 0 Å². The fraction of sp³-hybridized carbons (Fsp3) is 0.933. The van der Waals surface area contributed by atoms with E-state index in [1.807, 2.05) is 0 Å². The molecule has 4 nitrogen and oxygen atoms in total. The molecule has 1 amide bonds. The van der Waals surface area contributed by atoms with E-state index in [2.05, 4.69) is 29.4 Å². The summed E-state index contributed by atoms with van der Waals surface area (Å²) in [6.07, 6.45) is 5.82. The third-order valence-corrected chi connectivity index (χ3v) is 4.98. The summed E-state index contributed by atoms with van der Waals surface area (Å²) in [7, 11) is 0. The number of hydrogen-bond acceptors (Lipinski definition) is 3. The Balaban J connectivity index is 0.00000110. The molecule has 2 heterocycles. The lowest BCUT2D eigenvalue weighted by atomic mass is 9.92. The molecule has 124 valence electrons. The molecule has 6 heteroatoms. The number of rotatable bonds is 3. The van der Waals surface area contributed by atoms with Crippen molar-refractivity contribution in [3.63, 3.8) is 0 Å². The molecule has 0 aromatic rings. The lowest BCUT2D eigenvalue weighted by molar-refractivity contribution is -0.126. The average molecular weight is 338 g/mol. The lowest BCUT2D eigenvalue weighted by Crippen LogP contribution is -2.46. The molecule has 0 spiro atoms. The van der Waals surface area contributed by atoms with Crippen molar-refractivity contribution in [2.75, 3.05) is 13.1 Å². The van der Waals surface area contributed by atoms with Crippen LogP contribution >= 0.6 is 24.8 Å². The average Bonchev–Trinajstić information content (AvgIpc) is 3.14. The Morgan fingerprint density at radius 1 is 1.14 bits per heavy atom. The van der Waals surface area contributed by atoms with Crippen LogP contribution in [-0.2, 0) is 4.79 Å². The van der Waals surface area contributed by atoms with E-state index in [4.69, 9.17) is 0 Å². The predicted octanol–water partition coefficient (Wildman–Crippen LogP) is 1.96. The molecule has 0 aromatic heterocycles. The van der Waals surface area contributed by atoms with Crippen LogP contribution in [0.2, 0.25) is 0 Å². The molecule has 0 radical (unpaired) electrons. The molecular formula is C15H29Cl2N3O. The van der Waals surface area contributed by atoms with Crippen molar-refractivity contribution >= 4 is 30.7 Å². The first-order valence-electron chi connectivity index (χ1n) is 7.93. The van der Waals surface area contributed by atoms with Gasteiger partial charge in [-0.15, -0.1) is 24.8 Å². The van der Waals surface area contributed by atoms with Crippen molar-refractivity contribution < 1.29 is 4.79 Å². The van der Waals surface area contributed by atoms with E-state index >= 15 is 0 Å². The van der Waals surface area contributed by atoms with E-state index < -0.39 is 0 Å². The van der Waals surface area contributed by atoms with Crippen LogP contribution in [0.15, 0.2) is 0 Å². The molecule has 3 aliphatic rings. The number of hydrogen-bond donors (Lipinski definition) is 2. The SMILES string of the molecule is CC1CC(NC(=O)[C@H]2CCN[C@@H](C)C2)CN1C1CC1.Cl.Cl. The monoisotopic (exact) mass is 337 g/mol. The second-order valence-electron chi connectivity index (χ2n) is 6.79. The molecule has 1 aliphatic carbocycles. The third-order valence-electron chi connectivity index (χ3n) is 4.98. The highest BCUT2D eigenvalue weighted by molar-refractivity contribution is 5.85. The Labute approximate surface area is 140 Å². The zero-order valence-corrected chi connectivity index (χ0v) is 14.6. The van der Waals surface area contributed by atoms with Gasteiger partial charge >= 0.3 is 0 Å². The molecule has 3 rings (SSSR count). The van der Waals surface area contributed by atoms with Gasteiger partial charge < -0.3 is 10.6 Å². The van der Waals surface area contributed by atoms with Crippen molar-refractivity contribution in [1.29, 1.82) is 0 Å². The molecule has 4 atom stereocenters. The zero-order chi connectivity index (χ0) is 13.4. The number of likely N-dealkylation sites (tertiary alicyclic amines) is 1.